The number of hydrogen-bond donors (Lipinski definition) is 2. The highest BCUT2D eigenvalue weighted by molar-refractivity contribution is 5.87. The van der Waals surface area contributed by atoms with Crippen LogP contribution in [0.1, 0.15) is 19.8 Å². The van der Waals surface area contributed by atoms with Gasteiger partial charge in [-0.05, 0) is 12.8 Å². The lowest BCUT2D eigenvalue weighted by Gasteiger charge is -2.16. The first-order valence-electron chi connectivity index (χ1n) is 4.39. The molecule has 0 saturated carbocycles. The second-order valence-corrected chi connectivity index (χ2v) is 3.32. The Balaban J connectivity index is 2.70. The largest absolute Gasteiger partial charge is 0.478 e. The minimum atomic E-state index is -0.841. The number of aliphatic hydroxyl groups excluding tert-OH is 1. The molecule has 0 spiro atoms. The molecule has 3 nitrogen and oxygen atoms in total. The number of rotatable bonds is 3. The fourth-order valence-corrected chi connectivity index (χ4v) is 1.36. The molecule has 1 rings (SSSR count). The van der Waals surface area contributed by atoms with Crippen molar-refractivity contribution in [1.82, 2.24) is 0 Å². The number of aliphatic carboxylic acids is 1. The molecule has 0 aliphatic heterocycles. The third-order valence-electron chi connectivity index (χ3n) is 2.36. The van der Waals surface area contributed by atoms with Crippen molar-refractivity contribution in [2.45, 2.75) is 19.8 Å². The van der Waals surface area contributed by atoms with Crippen molar-refractivity contribution in [1.29, 1.82) is 0 Å². The van der Waals surface area contributed by atoms with E-state index < -0.39 is 5.97 Å². The first-order valence-corrected chi connectivity index (χ1v) is 4.39. The summed E-state index contributed by atoms with van der Waals surface area (Å²) in [6, 6.07) is 0. The Kier molecular flexibility index (Phi) is 3.25. The fourth-order valence-electron chi connectivity index (χ4n) is 1.36. The van der Waals surface area contributed by atoms with Gasteiger partial charge in [0.1, 0.15) is 0 Å². The van der Waals surface area contributed by atoms with Crippen LogP contribution in [0.4, 0.5) is 0 Å². The third-order valence-corrected chi connectivity index (χ3v) is 2.36. The second-order valence-electron chi connectivity index (χ2n) is 3.32. The summed E-state index contributed by atoms with van der Waals surface area (Å²) in [5, 5.41) is 17.6. The Morgan fingerprint density at radius 3 is 2.62 bits per heavy atom. The van der Waals surface area contributed by atoms with Gasteiger partial charge in [0.25, 0.3) is 0 Å². The van der Waals surface area contributed by atoms with E-state index in [-0.39, 0.29) is 12.5 Å². The average Bonchev–Trinajstić information content (AvgIpc) is 2.17. The lowest BCUT2D eigenvalue weighted by Crippen LogP contribution is -2.10. The van der Waals surface area contributed by atoms with Crippen molar-refractivity contribution in [2.75, 3.05) is 6.61 Å². The summed E-state index contributed by atoms with van der Waals surface area (Å²) in [5.74, 6) is -0.696. The Labute approximate surface area is 77.4 Å². The van der Waals surface area contributed by atoms with Crippen LogP contribution in [0.5, 0.6) is 0 Å². The minimum absolute atomic E-state index is 0.127. The van der Waals surface area contributed by atoms with E-state index >= 15 is 0 Å². The summed E-state index contributed by atoms with van der Waals surface area (Å²) < 4.78 is 0. The van der Waals surface area contributed by atoms with Crippen molar-refractivity contribution in [3.63, 3.8) is 0 Å². The maximum absolute atomic E-state index is 10.6. The van der Waals surface area contributed by atoms with E-state index in [0.29, 0.717) is 12.0 Å². The van der Waals surface area contributed by atoms with Crippen LogP contribution < -0.4 is 0 Å². The molecule has 13 heavy (non-hydrogen) atoms. The smallest absolute Gasteiger partial charge is 0.331 e. The van der Waals surface area contributed by atoms with Gasteiger partial charge in [-0.3, -0.25) is 0 Å². The van der Waals surface area contributed by atoms with Crippen molar-refractivity contribution >= 4 is 5.97 Å². The van der Waals surface area contributed by atoms with Crippen molar-refractivity contribution in [2.24, 2.45) is 5.92 Å². The van der Waals surface area contributed by atoms with Gasteiger partial charge in [-0.2, -0.15) is 0 Å². The molecule has 0 aromatic heterocycles. The zero-order chi connectivity index (χ0) is 9.84. The predicted octanol–water partition coefficient (Wildman–Crippen LogP) is 1.35. The molecular formula is C10H14O3. The highest BCUT2D eigenvalue weighted by Gasteiger charge is 2.15. The van der Waals surface area contributed by atoms with Crippen LogP contribution in [0.3, 0.4) is 0 Å². The van der Waals surface area contributed by atoms with Crippen LogP contribution >= 0.6 is 0 Å². The van der Waals surface area contributed by atoms with Gasteiger partial charge in [0, 0.05) is 18.1 Å². The normalized spacial score (nSPS) is 18.9. The quantitative estimate of drug-likeness (QED) is 0.692. The van der Waals surface area contributed by atoms with Crippen molar-refractivity contribution in [3.05, 3.63) is 23.3 Å². The van der Waals surface area contributed by atoms with Crippen molar-refractivity contribution in [3.8, 4) is 0 Å². The van der Waals surface area contributed by atoms with E-state index in [1.807, 2.05) is 13.0 Å². The van der Waals surface area contributed by atoms with Gasteiger partial charge in [0.2, 0.25) is 0 Å². The first kappa shape index (κ1) is 9.99. The van der Waals surface area contributed by atoms with Crippen LogP contribution in [0.25, 0.3) is 0 Å². The van der Waals surface area contributed by atoms with E-state index in [9.17, 15) is 4.79 Å². The molecule has 1 unspecified atom stereocenters. The number of carboxylic acid groups (broad SMARTS) is 1. The second kappa shape index (κ2) is 4.23. The molecule has 0 fully saturated rings. The highest BCUT2D eigenvalue weighted by Crippen LogP contribution is 2.23. The fraction of sp³-hybridized carbons (Fsp3) is 0.500. The Morgan fingerprint density at radius 2 is 2.23 bits per heavy atom. The maximum atomic E-state index is 10.6. The molecule has 3 heteroatoms. The van der Waals surface area contributed by atoms with Gasteiger partial charge < -0.3 is 10.2 Å². The molecule has 0 heterocycles. The first-order chi connectivity index (χ1) is 6.15. The van der Waals surface area contributed by atoms with Gasteiger partial charge >= 0.3 is 5.97 Å². The molecule has 0 bridgehead atoms. The van der Waals surface area contributed by atoms with E-state index in [2.05, 4.69) is 0 Å². The molecule has 2 N–H and O–H groups in total. The molecule has 1 aliphatic rings. The molecule has 0 aromatic carbocycles. The Bertz CT molecular complexity index is 263. The van der Waals surface area contributed by atoms with Crippen LogP contribution in [-0.2, 0) is 4.79 Å². The topological polar surface area (TPSA) is 57.5 Å². The molecule has 72 valence electrons. The lowest BCUT2D eigenvalue weighted by molar-refractivity contribution is -0.132. The molecule has 1 aliphatic carbocycles. The standard InChI is InChI=1S/C10H14O3/c1-7(6-11)8-2-4-9(5-3-8)10(12)13/h2,4,7,11H,3,5-6H2,1H3,(H,12,13). The number of allylic oxidation sites excluding steroid dienone is 2. The summed E-state index contributed by atoms with van der Waals surface area (Å²) in [6.07, 6.45) is 4.77. The lowest BCUT2D eigenvalue weighted by atomic mass is 9.91. The van der Waals surface area contributed by atoms with Crippen LogP contribution in [0.2, 0.25) is 0 Å². The Morgan fingerprint density at radius 1 is 1.54 bits per heavy atom. The zero-order valence-electron chi connectivity index (χ0n) is 7.66. The predicted molar refractivity (Wildman–Crippen MR) is 49.3 cm³/mol. The van der Waals surface area contributed by atoms with E-state index in [1.54, 1.807) is 6.08 Å². The zero-order valence-corrected chi connectivity index (χ0v) is 7.66. The molecule has 0 saturated heterocycles. The molecule has 0 radical (unpaired) electrons. The average molecular weight is 182 g/mol. The van der Waals surface area contributed by atoms with Crippen LogP contribution in [0.15, 0.2) is 23.3 Å². The summed E-state index contributed by atoms with van der Waals surface area (Å²) in [5.41, 5.74) is 1.58. The van der Waals surface area contributed by atoms with Gasteiger partial charge in [-0.1, -0.05) is 24.6 Å². The number of carbonyl (C=O) groups is 1. The summed E-state index contributed by atoms with van der Waals surface area (Å²) in [7, 11) is 0. The van der Waals surface area contributed by atoms with Gasteiger partial charge in [0.05, 0.1) is 0 Å². The molecule has 0 aromatic rings. The molecular weight excluding hydrogens is 168 g/mol. The van der Waals surface area contributed by atoms with Crippen molar-refractivity contribution < 1.29 is 15.0 Å². The highest BCUT2D eigenvalue weighted by atomic mass is 16.4. The summed E-state index contributed by atoms with van der Waals surface area (Å²) in [6.45, 7) is 2.06. The SMILES string of the molecule is CC(CO)C1=CC=C(C(=O)O)CC1. The van der Waals surface area contributed by atoms with Gasteiger partial charge in [-0.25, -0.2) is 4.79 Å². The maximum Gasteiger partial charge on any atom is 0.331 e. The van der Waals surface area contributed by atoms with Gasteiger partial charge in [-0.15, -0.1) is 0 Å². The van der Waals surface area contributed by atoms with E-state index in [0.717, 1.165) is 12.0 Å². The monoisotopic (exact) mass is 182 g/mol. The number of aliphatic hydroxyl groups is 1. The summed E-state index contributed by atoms with van der Waals surface area (Å²) in [4.78, 5) is 10.6. The van der Waals surface area contributed by atoms with Crippen LogP contribution in [0, 0.1) is 5.92 Å². The van der Waals surface area contributed by atoms with E-state index in [4.69, 9.17) is 10.2 Å². The molecule has 1 atom stereocenters. The molecule has 0 amide bonds. The number of hydrogen-bond acceptors (Lipinski definition) is 2. The van der Waals surface area contributed by atoms with Crippen LogP contribution in [-0.4, -0.2) is 22.8 Å². The van der Waals surface area contributed by atoms with E-state index in [1.165, 1.54) is 0 Å². The summed E-state index contributed by atoms with van der Waals surface area (Å²) >= 11 is 0. The van der Waals surface area contributed by atoms with Gasteiger partial charge in [0.15, 0.2) is 0 Å². The minimum Gasteiger partial charge on any atom is -0.478 e. The Hall–Kier alpha value is -1.09. The number of carboxylic acids is 1. The third kappa shape index (κ3) is 2.42.